The van der Waals surface area contributed by atoms with Crippen molar-refractivity contribution in [3.63, 3.8) is 0 Å². The second kappa shape index (κ2) is 9.34. The first kappa shape index (κ1) is 20.5. The van der Waals surface area contributed by atoms with Crippen LogP contribution in [0.1, 0.15) is 23.9 Å². The van der Waals surface area contributed by atoms with Gasteiger partial charge < -0.3 is 20.0 Å². The standard InChI is InChI=1S/C22H23FN2O4/c1-2-20-19(25-21(29-20)15-5-7-16(23)8-6-15)11-12-28-17-9-3-14(4-10-17)13-18(24)22(26)27/h3-10,18H,2,11-13,24H2,1H3,(H,26,27)/t18-/m0/s1. The highest BCUT2D eigenvalue weighted by Gasteiger charge is 2.14. The number of nitrogens with two attached hydrogens (primary N) is 1. The minimum Gasteiger partial charge on any atom is -0.493 e. The van der Waals surface area contributed by atoms with Gasteiger partial charge in [0.15, 0.2) is 0 Å². The molecule has 0 aliphatic heterocycles. The molecule has 1 aromatic heterocycles. The van der Waals surface area contributed by atoms with Gasteiger partial charge in [0.25, 0.3) is 0 Å². The van der Waals surface area contributed by atoms with Gasteiger partial charge in [-0.3, -0.25) is 4.79 Å². The van der Waals surface area contributed by atoms with Gasteiger partial charge in [-0.1, -0.05) is 19.1 Å². The van der Waals surface area contributed by atoms with Crippen LogP contribution in [-0.4, -0.2) is 28.7 Å². The summed E-state index contributed by atoms with van der Waals surface area (Å²) in [4.78, 5) is 15.4. The number of carboxylic acid groups (broad SMARTS) is 1. The number of hydrogen-bond donors (Lipinski definition) is 2. The maximum absolute atomic E-state index is 13.1. The van der Waals surface area contributed by atoms with E-state index in [2.05, 4.69) is 4.98 Å². The topological polar surface area (TPSA) is 98.6 Å². The van der Waals surface area contributed by atoms with Crippen LogP contribution in [0.25, 0.3) is 11.5 Å². The Morgan fingerprint density at radius 3 is 2.52 bits per heavy atom. The largest absolute Gasteiger partial charge is 0.493 e. The summed E-state index contributed by atoms with van der Waals surface area (Å²) in [6.45, 7) is 2.40. The number of carbonyl (C=O) groups is 1. The molecule has 0 radical (unpaired) electrons. The molecule has 0 amide bonds. The Morgan fingerprint density at radius 1 is 1.21 bits per heavy atom. The van der Waals surface area contributed by atoms with Gasteiger partial charge in [-0.25, -0.2) is 9.37 Å². The monoisotopic (exact) mass is 398 g/mol. The van der Waals surface area contributed by atoms with E-state index in [-0.39, 0.29) is 12.2 Å². The second-order valence-corrected chi connectivity index (χ2v) is 6.64. The van der Waals surface area contributed by atoms with Crippen molar-refractivity contribution >= 4 is 5.97 Å². The average Bonchev–Trinajstić information content (AvgIpc) is 3.13. The number of nitrogens with zero attached hydrogens (tertiary/aromatic N) is 1. The fourth-order valence-electron chi connectivity index (χ4n) is 2.90. The van der Waals surface area contributed by atoms with Gasteiger partial charge in [0.2, 0.25) is 5.89 Å². The van der Waals surface area contributed by atoms with Crippen LogP contribution in [0.3, 0.4) is 0 Å². The maximum atomic E-state index is 13.1. The molecule has 29 heavy (non-hydrogen) atoms. The van der Waals surface area contributed by atoms with E-state index in [9.17, 15) is 9.18 Å². The summed E-state index contributed by atoms with van der Waals surface area (Å²) in [7, 11) is 0. The average molecular weight is 398 g/mol. The third-order valence-electron chi connectivity index (χ3n) is 4.49. The zero-order valence-electron chi connectivity index (χ0n) is 16.1. The molecule has 0 saturated carbocycles. The molecule has 6 nitrogen and oxygen atoms in total. The number of halogens is 1. The smallest absolute Gasteiger partial charge is 0.320 e. The summed E-state index contributed by atoms with van der Waals surface area (Å²) in [6, 6.07) is 12.3. The molecule has 0 spiro atoms. The molecule has 0 unspecified atom stereocenters. The SMILES string of the molecule is CCc1oc(-c2ccc(F)cc2)nc1CCOc1ccc(C[C@H](N)C(=O)O)cc1. The highest BCUT2D eigenvalue weighted by molar-refractivity contribution is 5.73. The second-order valence-electron chi connectivity index (χ2n) is 6.64. The Labute approximate surface area is 168 Å². The van der Waals surface area contributed by atoms with Crippen molar-refractivity contribution in [3.05, 3.63) is 71.4 Å². The molecule has 152 valence electrons. The Morgan fingerprint density at radius 2 is 1.90 bits per heavy atom. The minimum atomic E-state index is -1.02. The van der Waals surface area contributed by atoms with Crippen LogP contribution >= 0.6 is 0 Å². The van der Waals surface area contributed by atoms with Crippen LogP contribution < -0.4 is 10.5 Å². The van der Waals surface area contributed by atoms with E-state index in [1.165, 1.54) is 12.1 Å². The lowest BCUT2D eigenvalue weighted by atomic mass is 10.1. The maximum Gasteiger partial charge on any atom is 0.320 e. The van der Waals surface area contributed by atoms with Crippen LogP contribution in [0.15, 0.2) is 52.9 Å². The normalized spacial score (nSPS) is 12.0. The number of aromatic nitrogens is 1. The van der Waals surface area contributed by atoms with Gasteiger partial charge in [0.05, 0.1) is 12.3 Å². The molecule has 1 heterocycles. The highest BCUT2D eigenvalue weighted by Crippen LogP contribution is 2.23. The molecule has 0 saturated heterocycles. The van der Waals surface area contributed by atoms with Gasteiger partial charge in [0, 0.05) is 18.4 Å². The summed E-state index contributed by atoms with van der Waals surface area (Å²) in [6.07, 6.45) is 1.53. The zero-order chi connectivity index (χ0) is 20.8. The number of ether oxygens (including phenoxy) is 1. The van der Waals surface area contributed by atoms with Gasteiger partial charge in [-0.05, 0) is 48.4 Å². The Hall–Kier alpha value is -3.19. The molecule has 0 aliphatic carbocycles. The number of hydrogen-bond acceptors (Lipinski definition) is 5. The number of aliphatic carboxylic acids is 1. The number of carboxylic acids is 1. The number of aryl methyl sites for hydroxylation is 1. The van der Waals surface area contributed by atoms with Crippen molar-refractivity contribution in [1.82, 2.24) is 4.98 Å². The number of oxazole rings is 1. The summed E-state index contributed by atoms with van der Waals surface area (Å²) < 4.78 is 24.7. The molecule has 2 aromatic carbocycles. The first-order chi connectivity index (χ1) is 14.0. The first-order valence-electron chi connectivity index (χ1n) is 9.41. The van der Waals surface area contributed by atoms with E-state index in [4.69, 9.17) is 20.0 Å². The lowest BCUT2D eigenvalue weighted by molar-refractivity contribution is -0.138. The fourth-order valence-corrected chi connectivity index (χ4v) is 2.90. The van der Waals surface area contributed by atoms with Crippen LogP contribution in [0.5, 0.6) is 5.75 Å². The zero-order valence-corrected chi connectivity index (χ0v) is 16.1. The van der Waals surface area contributed by atoms with Crippen molar-refractivity contribution in [2.45, 2.75) is 32.2 Å². The van der Waals surface area contributed by atoms with E-state index in [0.717, 1.165) is 22.6 Å². The molecule has 7 heteroatoms. The summed E-state index contributed by atoms with van der Waals surface area (Å²) in [5, 5.41) is 8.87. The molecule has 1 atom stereocenters. The molecule has 3 rings (SSSR count). The molecule has 0 fully saturated rings. The predicted octanol–water partition coefficient (Wildman–Crippen LogP) is 3.62. The summed E-state index contributed by atoms with van der Waals surface area (Å²) >= 11 is 0. The highest BCUT2D eigenvalue weighted by atomic mass is 19.1. The Balaban J connectivity index is 1.58. The number of benzene rings is 2. The van der Waals surface area contributed by atoms with Crippen molar-refractivity contribution < 1.29 is 23.4 Å². The third kappa shape index (κ3) is 5.42. The molecule has 3 N–H and O–H groups in total. The number of rotatable bonds is 9. The lowest BCUT2D eigenvalue weighted by Crippen LogP contribution is -2.32. The van der Waals surface area contributed by atoms with E-state index in [1.807, 2.05) is 6.92 Å². The van der Waals surface area contributed by atoms with Crippen LogP contribution in [0.2, 0.25) is 0 Å². The molecular formula is C22H23FN2O4. The first-order valence-corrected chi connectivity index (χ1v) is 9.41. The Kier molecular flexibility index (Phi) is 6.61. The van der Waals surface area contributed by atoms with Crippen molar-refractivity contribution in [3.8, 4) is 17.2 Å². The summed E-state index contributed by atoms with van der Waals surface area (Å²) in [5.41, 5.74) is 7.92. The van der Waals surface area contributed by atoms with Crippen molar-refractivity contribution in [2.24, 2.45) is 5.73 Å². The van der Waals surface area contributed by atoms with E-state index >= 15 is 0 Å². The molecular weight excluding hydrogens is 375 g/mol. The van der Waals surface area contributed by atoms with Gasteiger partial charge in [-0.2, -0.15) is 0 Å². The van der Waals surface area contributed by atoms with E-state index in [0.29, 0.717) is 31.1 Å². The van der Waals surface area contributed by atoms with Crippen LogP contribution in [0, 0.1) is 5.82 Å². The molecule has 0 aliphatic rings. The predicted molar refractivity (Wildman–Crippen MR) is 106 cm³/mol. The fraction of sp³-hybridized carbons (Fsp3) is 0.273. The summed E-state index contributed by atoms with van der Waals surface area (Å²) in [5.74, 6) is 0.602. The van der Waals surface area contributed by atoms with Crippen molar-refractivity contribution in [1.29, 1.82) is 0 Å². The van der Waals surface area contributed by atoms with Gasteiger partial charge in [-0.15, -0.1) is 0 Å². The third-order valence-corrected chi connectivity index (χ3v) is 4.49. The molecule has 3 aromatic rings. The minimum absolute atomic E-state index is 0.264. The van der Waals surface area contributed by atoms with Gasteiger partial charge in [0.1, 0.15) is 23.4 Å². The molecule has 0 bridgehead atoms. The van der Waals surface area contributed by atoms with E-state index < -0.39 is 12.0 Å². The van der Waals surface area contributed by atoms with Crippen LogP contribution in [0.4, 0.5) is 4.39 Å². The van der Waals surface area contributed by atoms with Crippen molar-refractivity contribution in [2.75, 3.05) is 6.61 Å². The quantitative estimate of drug-likeness (QED) is 0.571. The van der Waals surface area contributed by atoms with Crippen LogP contribution in [-0.2, 0) is 24.1 Å². The Bertz CT molecular complexity index is 952. The van der Waals surface area contributed by atoms with E-state index in [1.54, 1.807) is 36.4 Å². The van der Waals surface area contributed by atoms with Gasteiger partial charge >= 0.3 is 5.97 Å². The lowest BCUT2D eigenvalue weighted by Gasteiger charge is -2.08.